The van der Waals surface area contributed by atoms with Crippen molar-refractivity contribution in [2.45, 2.75) is 32.2 Å². The Morgan fingerprint density at radius 3 is 2.78 bits per heavy atom. The van der Waals surface area contributed by atoms with E-state index in [2.05, 4.69) is 10.5 Å². The highest BCUT2D eigenvalue weighted by Gasteiger charge is 2.25. The minimum absolute atomic E-state index is 0.0866. The molecule has 0 bridgehead atoms. The van der Waals surface area contributed by atoms with Gasteiger partial charge in [0, 0.05) is 30.6 Å². The van der Waals surface area contributed by atoms with Crippen LogP contribution in [0.5, 0.6) is 0 Å². The summed E-state index contributed by atoms with van der Waals surface area (Å²) in [6.45, 7) is 8.01. The van der Waals surface area contributed by atoms with Crippen molar-refractivity contribution in [1.82, 2.24) is 10.1 Å². The van der Waals surface area contributed by atoms with E-state index < -0.39 is 0 Å². The fraction of sp³-hybridized carbons (Fsp3) is 0.667. The van der Waals surface area contributed by atoms with E-state index in [1.165, 1.54) is 0 Å². The van der Waals surface area contributed by atoms with Gasteiger partial charge in [-0.25, -0.2) is 0 Å². The summed E-state index contributed by atoms with van der Waals surface area (Å²) in [7, 11) is 0. The molecule has 0 aromatic carbocycles. The number of carbonyl (C=O) groups is 1. The van der Waals surface area contributed by atoms with Gasteiger partial charge in [-0.1, -0.05) is 25.9 Å². The van der Waals surface area contributed by atoms with Gasteiger partial charge in [-0.15, -0.1) is 0 Å². The van der Waals surface area contributed by atoms with Crippen molar-refractivity contribution in [3.8, 4) is 0 Å². The van der Waals surface area contributed by atoms with Gasteiger partial charge in [0.05, 0.1) is 12.2 Å². The molecule has 6 nitrogen and oxygen atoms in total. The first-order valence-corrected chi connectivity index (χ1v) is 6.09. The van der Waals surface area contributed by atoms with Crippen LogP contribution in [-0.2, 0) is 10.2 Å². The summed E-state index contributed by atoms with van der Waals surface area (Å²) in [6, 6.07) is 1.97. The molecule has 18 heavy (non-hydrogen) atoms. The zero-order chi connectivity index (χ0) is 13.3. The quantitative estimate of drug-likeness (QED) is 0.821. The molecule has 2 heterocycles. The third kappa shape index (κ3) is 3.08. The van der Waals surface area contributed by atoms with Gasteiger partial charge in [-0.3, -0.25) is 15.0 Å². The van der Waals surface area contributed by atoms with Gasteiger partial charge in [-0.2, -0.15) is 0 Å². The van der Waals surface area contributed by atoms with E-state index in [-0.39, 0.29) is 17.4 Å². The van der Waals surface area contributed by atoms with Crippen LogP contribution in [0.3, 0.4) is 0 Å². The van der Waals surface area contributed by atoms with E-state index in [4.69, 9.17) is 10.3 Å². The van der Waals surface area contributed by atoms with Crippen LogP contribution in [0.25, 0.3) is 0 Å². The third-order valence-electron chi connectivity index (χ3n) is 2.89. The Kier molecular flexibility index (Phi) is 3.41. The summed E-state index contributed by atoms with van der Waals surface area (Å²) in [5.41, 5.74) is 6.38. The number of amides is 1. The fourth-order valence-corrected chi connectivity index (χ4v) is 1.81. The second kappa shape index (κ2) is 4.70. The molecule has 1 aromatic heterocycles. The Labute approximate surface area is 106 Å². The Morgan fingerprint density at radius 2 is 2.28 bits per heavy atom. The number of likely N-dealkylation sites (tertiary alicyclic amines) is 1. The monoisotopic (exact) mass is 252 g/mol. The van der Waals surface area contributed by atoms with Crippen LogP contribution in [0.15, 0.2) is 10.6 Å². The van der Waals surface area contributed by atoms with E-state index in [0.717, 1.165) is 18.8 Å². The lowest BCUT2D eigenvalue weighted by atomic mass is 9.92. The van der Waals surface area contributed by atoms with Crippen LogP contribution >= 0.6 is 0 Å². The number of carbonyl (C=O) groups excluding carboxylic acids is 1. The van der Waals surface area contributed by atoms with Crippen LogP contribution in [0.1, 0.15) is 26.5 Å². The first kappa shape index (κ1) is 13.0. The van der Waals surface area contributed by atoms with Gasteiger partial charge < -0.3 is 10.3 Å². The molecule has 6 heteroatoms. The van der Waals surface area contributed by atoms with Crippen LogP contribution in [0.4, 0.5) is 5.88 Å². The highest BCUT2D eigenvalue weighted by molar-refractivity contribution is 5.91. The van der Waals surface area contributed by atoms with E-state index >= 15 is 0 Å². The summed E-state index contributed by atoms with van der Waals surface area (Å²) < 4.78 is 5.09. The number of rotatable bonds is 3. The number of hydrogen-bond acceptors (Lipinski definition) is 5. The molecule has 1 aliphatic rings. The molecule has 0 saturated carbocycles. The molecular weight excluding hydrogens is 232 g/mol. The molecule has 0 aliphatic carbocycles. The lowest BCUT2D eigenvalue weighted by molar-refractivity contribution is -0.118. The number of anilines is 1. The molecule has 0 spiro atoms. The summed E-state index contributed by atoms with van der Waals surface area (Å²) in [6.07, 6.45) is 0. The van der Waals surface area contributed by atoms with E-state index in [9.17, 15) is 4.79 Å². The normalized spacial score (nSPS) is 17.6. The van der Waals surface area contributed by atoms with Crippen molar-refractivity contribution < 1.29 is 9.32 Å². The summed E-state index contributed by atoms with van der Waals surface area (Å²) in [5.74, 6) is 0.299. The molecule has 100 valence electrons. The molecule has 0 atom stereocenters. The predicted molar refractivity (Wildman–Crippen MR) is 68.2 cm³/mol. The summed E-state index contributed by atoms with van der Waals surface area (Å²) in [4.78, 5) is 13.7. The molecule has 0 radical (unpaired) electrons. The molecule has 0 unspecified atom stereocenters. The first-order chi connectivity index (χ1) is 8.34. The van der Waals surface area contributed by atoms with Crippen molar-refractivity contribution in [3.05, 3.63) is 11.8 Å². The maximum Gasteiger partial charge on any atom is 0.240 e. The SMILES string of the molecule is CC(C)(C)c1cc(NC(=O)CN2CC(N)C2)on1. The highest BCUT2D eigenvalue weighted by Crippen LogP contribution is 2.23. The van der Waals surface area contributed by atoms with Gasteiger partial charge in [-0.05, 0) is 0 Å². The second-order valence-electron chi connectivity index (χ2n) is 5.83. The Balaban J connectivity index is 1.85. The van der Waals surface area contributed by atoms with Crippen LogP contribution in [-0.4, -0.2) is 41.6 Å². The average molecular weight is 252 g/mol. The van der Waals surface area contributed by atoms with Crippen molar-refractivity contribution in [2.75, 3.05) is 25.0 Å². The minimum atomic E-state index is -0.0986. The Bertz CT molecular complexity index is 430. The molecule has 1 saturated heterocycles. The maximum absolute atomic E-state index is 11.7. The van der Waals surface area contributed by atoms with Gasteiger partial charge in [0.25, 0.3) is 0 Å². The summed E-state index contributed by atoms with van der Waals surface area (Å²) in [5, 5.41) is 6.64. The Hall–Kier alpha value is -1.40. The van der Waals surface area contributed by atoms with Gasteiger partial charge in [0.1, 0.15) is 0 Å². The number of aromatic nitrogens is 1. The predicted octanol–water partition coefficient (Wildman–Crippen LogP) is 0.554. The van der Waals surface area contributed by atoms with Crippen LogP contribution in [0.2, 0.25) is 0 Å². The van der Waals surface area contributed by atoms with Gasteiger partial charge in [0.2, 0.25) is 11.8 Å². The number of hydrogen-bond donors (Lipinski definition) is 2. The zero-order valence-electron chi connectivity index (χ0n) is 11.1. The number of nitrogens with one attached hydrogen (secondary N) is 1. The molecular formula is C12H20N4O2. The first-order valence-electron chi connectivity index (χ1n) is 6.09. The van der Waals surface area contributed by atoms with Crippen molar-refractivity contribution in [3.63, 3.8) is 0 Å². The van der Waals surface area contributed by atoms with Crippen LogP contribution < -0.4 is 11.1 Å². The Morgan fingerprint density at radius 1 is 1.61 bits per heavy atom. The number of nitrogens with two attached hydrogens (primary N) is 1. The molecule has 3 N–H and O–H groups in total. The molecule has 1 amide bonds. The summed E-state index contributed by atoms with van der Waals surface area (Å²) >= 11 is 0. The van der Waals surface area contributed by atoms with Crippen molar-refractivity contribution in [2.24, 2.45) is 5.73 Å². The zero-order valence-corrected chi connectivity index (χ0v) is 11.1. The highest BCUT2D eigenvalue weighted by atomic mass is 16.5. The molecule has 1 aliphatic heterocycles. The van der Waals surface area contributed by atoms with Gasteiger partial charge >= 0.3 is 0 Å². The lowest BCUT2D eigenvalue weighted by Crippen LogP contribution is -2.57. The van der Waals surface area contributed by atoms with E-state index in [0.29, 0.717) is 12.4 Å². The maximum atomic E-state index is 11.7. The molecule has 1 fully saturated rings. The van der Waals surface area contributed by atoms with Crippen molar-refractivity contribution >= 4 is 11.8 Å². The smallest absolute Gasteiger partial charge is 0.240 e. The largest absolute Gasteiger partial charge is 0.338 e. The number of nitrogens with zero attached hydrogens (tertiary/aromatic N) is 2. The van der Waals surface area contributed by atoms with E-state index in [1.807, 2.05) is 25.7 Å². The fourth-order valence-electron chi connectivity index (χ4n) is 1.81. The van der Waals surface area contributed by atoms with Crippen molar-refractivity contribution in [1.29, 1.82) is 0 Å². The standard InChI is InChI=1S/C12H20N4O2/c1-12(2,3)9-4-11(18-15-9)14-10(17)7-16-5-8(13)6-16/h4,8H,5-7,13H2,1-3H3,(H,14,17). The van der Waals surface area contributed by atoms with E-state index in [1.54, 1.807) is 6.07 Å². The lowest BCUT2D eigenvalue weighted by Gasteiger charge is -2.35. The second-order valence-corrected chi connectivity index (χ2v) is 5.83. The minimum Gasteiger partial charge on any atom is -0.338 e. The topological polar surface area (TPSA) is 84.4 Å². The van der Waals surface area contributed by atoms with Gasteiger partial charge in [0.15, 0.2) is 0 Å². The third-order valence-corrected chi connectivity index (χ3v) is 2.89. The molecule has 2 rings (SSSR count). The molecule has 1 aromatic rings. The average Bonchev–Trinajstić information content (AvgIpc) is 2.63. The van der Waals surface area contributed by atoms with Crippen LogP contribution in [0, 0.1) is 0 Å².